The smallest absolute Gasteiger partial charge is 0.275 e. The van der Waals surface area contributed by atoms with E-state index in [1.54, 1.807) is 12.3 Å². The first-order valence-corrected chi connectivity index (χ1v) is 9.02. The third kappa shape index (κ3) is 2.61. The van der Waals surface area contributed by atoms with Gasteiger partial charge in [0.1, 0.15) is 6.54 Å². The van der Waals surface area contributed by atoms with E-state index >= 15 is 0 Å². The number of hydrogen-bond acceptors (Lipinski definition) is 3. The molecule has 6 heteroatoms. The second kappa shape index (κ2) is 6.09. The Morgan fingerprint density at radius 1 is 1.07 bits per heavy atom. The van der Waals surface area contributed by atoms with Crippen molar-refractivity contribution in [3.8, 4) is 0 Å². The van der Waals surface area contributed by atoms with Gasteiger partial charge in [-0.15, -0.1) is 0 Å². The first-order chi connectivity index (χ1) is 13.2. The third-order valence-electron chi connectivity index (χ3n) is 5.28. The first-order valence-electron chi connectivity index (χ1n) is 9.02. The number of aromatic amines is 1. The van der Waals surface area contributed by atoms with Crippen molar-refractivity contribution in [3.63, 3.8) is 0 Å². The maximum Gasteiger partial charge on any atom is 0.275 e. The minimum atomic E-state index is -0.230. The Hall–Kier alpha value is -3.41. The molecule has 1 aliphatic heterocycles. The Bertz CT molecular complexity index is 1240. The number of rotatable bonds is 2. The molecule has 0 unspecified atom stereocenters. The number of para-hydroxylation sites is 1. The number of carbonyl (C=O) groups is 1. The molecule has 2 aromatic heterocycles. The molecular formula is C21H18N4O2. The number of amides is 1. The fourth-order valence-corrected chi connectivity index (χ4v) is 3.85. The molecule has 134 valence electrons. The number of carbonyl (C=O) groups excluding carboxylic acids is 1. The number of nitrogens with zero attached hydrogens (tertiary/aromatic N) is 3. The van der Waals surface area contributed by atoms with Crippen LogP contribution in [0, 0.1) is 0 Å². The Labute approximate surface area is 155 Å². The molecule has 5 rings (SSSR count). The van der Waals surface area contributed by atoms with Crippen molar-refractivity contribution in [1.82, 2.24) is 19.7 Å². The Morgan fingerprint density at radius 2 is 1.85 bits per heavy atom. The molecule has 0 atom stereocenters. The number of nitrogens with one attached hydrogen (secondary N) is 1. The molecule has 3 heterocycles. The Kier molecular flexibility index (Phi) is 3.57. The van der Waals surface area contributed by atoms with Crippen LogP contribution in [0.4, 0.5) is 0 Å². The number of benzene rings is 2. The van der Waals surface area contributed by atoms with E-state index in [9.17, 15) is 9.59 Å². The number of hydrogen-bond donors (Lipinski definition) is 1. The summed E-state index contributed by atoms with van der Waals surface area (Å²) in [7, 11) is 0. The second-order valence-corrected chi connectivity index (χ2v) is 6.89. The molecular weight excluding hydrogens is 340 g/mol. The van der Waals surface area contributed by atoms with Gasteiger partial charge in [0.05, 0.1) is 11.6 Å². The Morgan fingerprint density at radius 3 is 2.74 bits per heavy atom. The first kappa shape index (κ1) is 15.8. The molecule has 1 amide bonds. The molecule has 0 saturated heterocycles. The molecule has 1 N–H and O–H groups in total. The van der Waals surface area contributed by atoms with Crippen LogP contribution in [0.2, 0.25) is 0 Å². The van der Waals surface area contributed by atoms with E-state index in [1.165, 1.54) is 15.9 Å². The Balaban J connectivity index is 1.42. The van der Waals surface area contributed by atoms with Gasteiger partial charge in [0.25, 0.3) is 5.56 Å². The number of aromatic nitrogens is 3. The summed E-state index contributed by atoms with van der Waals surface area (Å²) in [6.45, 7) is 1.16. The van der Waals surface area contributed by atoms with Gasteiger partial charge in [0.15, 0.2) is 0 Å². The zero-order valence-electron chi connectivity index (χ0n) is 14.7. The van der Waals surface area contributed by atoms with Gasteiger partial charge in [-0.2, -0.15) is 5.10 Å². The fourth-order valence-electron chi connectivity index (χ4n) is 3.85. The van der Waals surface area contributed by atoms with Crippen LogP contribution in [-0.4, -0.2) is 32.1 Å². The summed E-state index contributed by atoms with van der Waals surface area (Å²) in [5, 5.41) is 6.70. The predicted molar refractivity (Wildman–Crippen MR) is 103 cm³/mol. The van der Waals surface area contributed by atoms with Crippen LogP contribution in [0.25, 0.3) is 21.7 Å². The summed E-state index contributed by atoms with van der Waals surface area (Å²) in [4.78, 5) is 30.7. The zero-order valence-corrected chi connectivity index (χ0v) is 14.7. The minimum absolute atomic E-state index is 0.0403. The lowest BCUT2D eigenvalue weighted by atomic mass is 10.0. The van der Waals surface area contributed by atoms with Crippen molar-refractivity contribution in [1.29, 1.82) is 0 Å². The second-order valence-electron chi connectivity index (χ2n) is 6.89. The van der Waals surface area contributed by atoms with Crippen LogP contribution >= 0.6 is 0 Å². The molecule has 27 heavy (non-hydrogen) atoms. The summed E-state index contributed by atoms with van der Waals surface area (Å²) in [6, 6.07) is 15.4. The van der Waals surface area contributed by atoms with E-state index in [2.05, 4.69) is 22.2 Å². The van der Waals surface area contributed by atoms with Crippen LogP contribution in [0.3, 0.4) is 0 Å². The largest absolute Gasteiger partial charge is 0.358 e. The predicted octanol–water partition coefficient (Wildman–Crippen LogP) is 2.46. The summed E-state index contributed by atoms with van der Waals surface area (Å²) >= 11 is 0. The highest BCUT2D eigenvalue weighted by atomic mass is 16.2. The molecule has 0 spiro atoms. The van der Waals surface area contributed by atoms with Crippen LogP contribution in [0.15, 0.2) is 59.5 Å². The molecule has 0 fully saturated rings. The maximum absolute atomic E-state index is 12.8. The third-order valence-corrected chi connectivity index (χ3v) is 5.28. The average Bonchev–Trinajstić information content (AvgIpc) is 3.08. The number of fused-ring (bicyclic) bond motifs is 4. The standard InChI is InChI=1S/C21H18N4O2/c26-20(13-25-21(27)15-6-2-1-5-14(15)11-22-25)24-10-9-19-17(12-24)16-7-3-4-8-18(16)23-19/h1-8,11,23H,9-10,12-13H2. The highest BCUT2D eigenvalue weighted by molar-refractivity contribution is 5.86. The lowest BCUT2D eigenvalue weighted by molar-refractivity contribution is -0.133. The molecule has 0 aliphatic carbocycles. The van der Waals surface area contributed by atoms with Gasteiger partial charge in [-0.05, 0) is 12.1 Å². The van der Waals surface area contributed by atoms with Crippen molar-refractivity contribution in [2.45, 2.75) is 19.5 Å². The van der Waals surface area contributed by atoms with E-state index in [0.29, 0.717) is 18.5 Å². The molecule has 0 radical (unpaired) electrons. The van der Waals surface area contributed by atoms with E-state index in [1.807, 2.05) is 35.2 Å². The zero-order chi connectivity index (χ0) is 18.4. The van der Waals surface area contributed by atoms with Gasteiger partial charge in [0.2, 0.25) is 5.91 Å². The lowest BCUT2D eigenvalue weighted by Crippen LogP contribution is -2.40. The monoisotopic (exact) mass is 358 g/mol. The molecule has 0 saturated carbocycles. The van der Waals surface area contributed by atoms with Gasteiger partial charge in [-0.3, -0.25) is 9.59 Å². The van der Waals surface area contributed by atoms with Crippen molar-refractivity contribution in [3.05, 3.63) is 76.3 Å². The van der Waals surface area contributed by atoms with Crippen molar-refractivity contribution in [2.24, 2.45) is 0 Å². The van der Waals surface area contributed by atoms with E-state index in [4.69, 9.17) is 0 Å². The van der Waals surface area contributed by atoms with Crippen LogP contribution in [0.5, 0.6) is 0 Å². The van der Waals surface area contributed by atoms with Crippen LogP contribution in [0.1, 0.15) is 11.3 Å². The van der Waals surface area contributed by atoms with Gasteiger partial charge in [-0.25, -0.2) is 4.68 Å². The van der Waals surface area contributed by atoms with E-state index in [0.717, 1.165) is 22.7 Å². The quantitative estimate of drug-likeness (QED) is 0.598. The van der Waals surface area contributed by atoms with Gasteiger partial charge >= 0.3 is 0 Å². The van der Waals surface area contributed by atoms with Crippen LogP contribution in [-0.2, 0) is 24.3 Å². The van der Waals surface area contributed by atoms with E-state index < -0.39 is 0 Å². The molecule has 6 nitrogen and oxygen atoms in total. The van der Waals surface area contributed by atoms with Gasteiger partial charge < -0.3 is 9.88 Å². The fraction of sp³-hybridized carbons (Fsp3) is 0.190. The van der Waals surface area contributed by atoms with Crippen molar-refractivity contribution < 1.29 is 4.79 Å². The van der Waals surface area contributed by atoms with Gasteiger partial charge in [0, 0.05) is 47.1 Å². The highest BCUT2D eigenvalue weighted by Gasteiger charge is 2.24. The summed E-state index contributed by atoms with van der Waals surface area (Å²) in [5.41, 5.74) is 3.24. The molecule has 0 bridgehead atoms. The molecule has 2 aromatic carbocycles. The van der Waals surface area contributed by atoms with Gasteiger partial charge in [-0.1, -0.05) is 36.4 Å². The normalized spacial score (nSPS) is 13.9. The topological polar surface area (TPSA) is 71.0 Å². The van der Waals surface area contributed by atoms with Crippen LogP contribution < -0.4 is 5.56 Å². The van der Waals surface area contributed by atoms with Crippen molar-refractivity contribution in [2.75, 3.05) is 6.54 Å². The lowest BCUT2D eigenvalue weighted by Gasteiger charge is -2.27. The summed E-state index contributed by atoms with van der Waals surface area (Å²) in [6.07, 6.45) is 2.42. The summed E-state index contributed by atoms with van der Waals surface area (Å²) in [5.74, 6) is -0.0872. The minimum Gasteiger partial charge on any atom is -0.358 e. The number of H-pyrrole nitrogens is 1. The highest BCUT2D eigenvalue weighted by Crippen LogP contribution is 2.27. The van der Waals surface area contributed by atoms with E-state index in [-0.39, 0.29) is 18.0 Å². The van der Waals surface area contributed by atoms with Crippen molar-refractivity contribution >= 4 is 27.6 Å². The maximum atomic E-state index is 12.8. The summed E-state index contributed by atoms with van der Waals surface area (Å²) < 4.78 is 1.26. The molecule has 4 aromatic rings. The SMILES string of the molecule is O=C(Cn1ncc2ccccc2c1=O)N1CCc2[nH]c3ccccc3c2C1. The average molecular weight is 358 g/mol. The molecule has 1 aliphatic rings.